The van der Waals surface area contributed by atoms with E-state index in [1.165, 1.54) is 6.92 Å². The van der Waals surface area contributed by atoms with Crippen molar-refractivity contribution in [3.05, 3.63) is 0 Å². The van der Waals surface area contributed by atoms with Crippen molar-refractivity contribution < 1.29 is 14.6 Å². The lowest BCUT2D eigenvalue weighted by molar-refractivity contribution is -0.152. The van der Waals surface area contributed by atoms with Crippen LogP contribution in [0.1, 0.15) is 13.8 Å². The van der Waals surface area contributed by atoms with E-state index in [0.29, 0.717) is 5.90 Å². The molecule has 0 fully saturated rings. The molecule has 1 atom stereocenters. The minimum absolute atomic E-state index is 0.216. The summed E-state index contributed by atoms with van der Waals surface area (Å²) in [5, 5.41) is 8.59. The van der Waals surface area contributed by atoms with Crippen LogP contribution < -0.4 is 0 Å². The van der Waals surface area contributed by atoms with Crippen molar-refractivity contribution in [2.45, 2.75) is 19.4 Å². The zero-order valence-electron chi connectivity index (χ0n) is 5.92. The van der Waals surface area contributed by atoms with Crippen molar-refractivity contribution in [1.29, 1.82) is 0 Å². The van der Waals surface area contributed by atoms with E-state index in [0.717, 1.165) is 0 Å². The second-order valence-corrected chi connectivity index (χ2v) is 2.47. The SMILES string of the molecule is CC1=NCC(C)(C(=O)O)O1. The first kappa shape index (κ1) is 7.05. The molecule has 0 aromatic carbocycles. The van der Waals surface area contributed by atoms with E-state index in [2.05, 4.69) is 4.99 Å². The molecule has 0 amide bonds. The molecule has 4 nitrogen and oxygen atoms in total. The summed E-state index contributed by atoms with van der Waals surface area (Å²) in [6.45, 7) is 3.37. The van der Waals surface area contributed by atoms with E-state index in [-0.39, 0.29) is 6.54 Å². The third kappa shape index (κ3) is 0.964. The van der Waals surface area contributed by atoms with Crippen molar-refractivity contribution in [3.8, 4) is 0 Å². The number of aliphatic carboxylic acids is 1. The Balaban J connectivity index is 2.70. The largest absolute Gasteiger partial charge is 0.478 e. The number of ether oxygens (including phenoxy) is 1. The molecule has 0 radical (unpaired) electrons. The van der Waals surface area contributed by atoms with Gasteiger partial charge in [-0.05, 0) is 6.92 Å². The summed E-state index contributed by atoms with van der Waals surface area (Å²) < 4.78 is 4.96. The Bertz CT molecular complexity index is 199. The maximum Gasteiger partial charge on any atom is 0.349 e. The van der Waals surface area contributed by atoms with Crippen molar-refractivity contribution in [3.63, 3.8) is 0 Å². The Hall–Kier alpha value is -1.06. The Kier molecular flexibility index (Phi) is 1.39. The fourth-order valence-electron chi connectivity index (χ4n) is 0.764. The molecule has 1 rings (SSSR count). The van der Waals surface area contributed by atoms with Gasteiger partial charge in [0.1, 0.15) is 0 Å². The molecule has 4 heteroatoms. The second kappa shape index (κ2) is 1.97. The molecule has 1 unspecified atom stereocenters. The van der Waals surface area contributed by atoms with Gasteiger partial charge in [-0.1, -0.05) is 0 Å². The van der Waals surface area contributed by atoms with Gasteiger partial charge in [0.25, 0.3) is 0 Å². The van der Waals surface area contributed by atoms with Crippen LogP contribution in [0.15, 0.2) is 4.99 Å². The zero-order valence-corrected chi connectivity index (χ0v) is 5.92. The van der Waals surface area contributed by atoms with Gasteiger partial charge in [0.05, 0.1) is 6.54 Å². The highest BCUT2D eigenvalue weighted by molar-refractivity contribution is 5.85. The number of nitrogens with zero attached hydrogens (tertiary/aromatic N) is 1. The van der Waals surface area contributed by atoms with Gasteiger partial charge in [-0.2, -0.15) is 0 Å². The first-order valence-corrected chi connectivity index (χ1v) is 2.98. The number of carboxylic acids is 1. The van der Waals surface area contributed by atoms with E-state index in [9.17, 15) is 4.79 Å². The lowest BCUT2D eigenvalue weighted by atomic mass is 10.1. The number of hydrogen-bond acceptors (Lipinski definition) is 3. The van der Waals surface area contributed by atoms with Gasteiger partial charge < -0.3 is 9.84 Å². The minimum Gasteiger partial charge on any atom is -0.478 e. The Labute approximate surface area is 58.5 Å². The van der Waals surface area contributed by atoms with Crippen LogP contribution in [0.25, 0.3) is 0 Å². The van der Waals surface area contributed by atoms with Crippen LogP contribution in [-0.2, 0) is 9.53 Å². The maximum atomic E-state index is 10.5. The fraction of sp³-hybridized carbons (Fsp3) is 0.667. The van der Waals surface area contributed by atoms with Gasteiger partial charge in [0.15, 0.2) is 5.90 Å². The Morgan fingerprint density at radius 1 is 1.90 bits per heavy atom. The van der Waals surface area contributed by atoms with Crippen LogP contribution >= 0.6 is 0 Å². The molecule has 0 aromatic heterocycles. The molecule has 0 saturated heterocycles. The van der Waals surface area contributed by atoms with E-state index in [4.69, 9.17) is 9.84 Å². The van der Waals surface area contributed by atoms with Crippen LogP contribution in [0.3, 0.4) is 0 Å². The predicted molar refractivity (Wildman–Crippen MR) is 35.1 cm³/mol. The van der Waals surface area contributed by atoms with Crippen molar-refractivity contribution in [1.82, 2.24) is 0 Å². The molecule has 1 heterocycles. The summed E-state index contributed by atoms with van der Waals surface area (Å²) >= 11 is 0. The Morgan fingerprint density at radius 2 is 2.50 bits per heavy atom. The molecule has 1 aliphatic rings. The molecular weight excluding hydrogens is 134 g/mol. The molecule has 1 aliphatic heterocycles. The highest BCUT2D eigenvalue weighted by Crippen LogP contribution is 2.17. The van der Waals surface area contributed by atoms with Crippen molar-refractivity contribution in [2.24, 2.45) is 4.99 Å². The molecule has 10 heavy (non-hydrogen) atoms. The van der Waals surface area contributed by atoms with Crippen LogP contribution in [-0.4, -0.2) is 29.1 Å². The molecule has 1 N–H and O–H groups in total. The summed E-state index contributed by atoms with van der Waals surface area (Å²) in [5.74, 6) is -0.516. The zero-order chi connectivity index (χ0) is 7.78. The molecule has 0 saturated carbocycles. The highest BCUT2D eigenvalue weighted by atomic mass is 16.5. The van der Waals surface area contributed by atoms with Gasteiger partial charge >= 0.3 is 5.97 Å². The lowest BCUT2D eigenvalue weighted by Crippen LogP contribution is -2.38. The quantitative estimate of drug-likeness (QED) is 0.573. The van der Waals surface area contributed by atoms with Crippen molar-refractivity contribution >= 4 is 11.9 Å². The van der Waals surface area contributed by atoms with Crippen molar-refractivity contribution in [2.75, 3.05) is 6.54 Å². The van der Waals surface area contributed by atoms with Gasteiger partial charge in [-0.15, -0.1) is 0 Å². The van der Waals surface area contributed by atoms with Gasteiger partial charge in [0, 0.05) is 6.92 Å². The number of aliphatic imine (C=N–C) groups is 1. The van der Waals surface area contributed by atoms with Gasteiger partial charge in [0.2, 0.25) is 5.60 Å². The molecule has 0 aliphatic carbocycles. The van der Waals surface area contributed by atoms with E-state index < -0.39 is 11.6 Å². The van der Waals surface area contributed by atoms with E-state index in [1.54, 1.807) is 6.92 Å². The number of carboxylic acid groups (broad SMARTS) is 1. The summed E-state index contributed by atoms with van der Waals surface area (Å²) in [5.41, 5.74) is -1.12. The third-order valence-corrected chi connectivity index (χ3v) is 1.43. The van der Waals surface area contributed by atoms with E-state index >= 15 is 0 Å². The Morgan fingerprint density at radius 3 is 2.70 bits per heavy atom. The van der Waals surface area contributed by atoms with Crippen LogP contribution in [0.5, 0.6) is 0 Å². The van der Waals surface area contributed by atoms with E-state index in [1.807, 2.05) is 0 Å². The number of hydrogen-bond donors (Lipinski definition) is 1. The number of rotatable bonds is 1. The van der Waals surface area contributed by atoms with Gasteiger partial charge in [-0.25, -0.2) is 4.79 Å². The molecule has 0 aromatic rings. The highest BCUT2D eigenvalue weighted by Gasteiger charge is 2.39. The third-order valence-electron chi connectivity index (χ3n) is 1.43. The van der Waals surface area contributed by atoms with Gasteiger partial charge in [-0.3, -0.25) is 4.99 Å². The van der Waals surface area contributed by atoms with Crippen LogP contribution in [0.4, 0.5) is 0 Å². The standard InChI is InChI=1S/C6H9NO3/c1-4-7-3-6(2,10-4)5(8)9/h3H2,1-2H3,(H,8,9). The smallest absolute Gasteiger partial charge is 0.349 e. The number of carbonyl (C=O) groups is 1. The summed E-state index contributed by atoms with van der Waals surface area (Å²) in [6.07, 6.45) is 0. The first-order chi connectivity index (χ1) is 4.54. The molecule has 0 spiro atoms. The molecule has 0 bridgehead atoms. The minimum atomic E-state index is -1.12. The fourth-order valence-corrected chi connectivity index (χ4v) is 0.764. The van der Waals surface area contributed by atoms with Crippen LogP contribution in [0, 0.1) is 0 Å². The normalized spacial score (nSPS) is 31.2. The summed E-state index contributed by atoms with van der Waals surface area (Å²) in [7, 11) is 0. The van der Waals surface area contributed by atoms with Crippen LogP contribution in [0.2, 0.25) is 0 Å². The summed E-state index contributed by atoms with van der Waals surface area (Å²) in [6, 6.07) is 0. The molecular formula is C6H9NO3. The lowest BCUT2D eigenvalue weighted by Gasteiger charge is -2.16. The molecule has 56 valence electrons. The predicted octanol–water partition coefficient (Wildman–Crippen LogP) is 0.278. The topological polar surface area (TPSA) is 58.9 Å². The monoisotopic (exact) mass is 143 g/mol. The average molecular weight is 143 g/mol. The second-order valence-electron chi connectivity index (χ2n) is 2.47. The average Bonchev–Trinajstić information content (AvgIpc) is 2.13. The maximum absolute atomic E-state index is 10.5. The first-order valence-electron chi connectivity index (χ1n) is 2.98. The summed E-state index contributed by atoms with van der Waals surface area (Å²) in [4.78, 5) is 14.3.